The molecule has 0 saturated carbocycles. The van der Waals surface area contributed by atoms with Gasteiger partial charge in [0.1, 0.15) is 0 Å². The van der Waals surface area contributed by atoms with E-state index in [1.165, 1.54) is 0 Å². The number of carbonyl (C=O) groups is 1. The van der Waals surface area contributed by atoms with E-state index in [4.69, 9.17) is 0 Å². The molecule has 0 spiro atoms. The molecule has 0 aliphatic carbocycles. The number of nitrogens with one attached hydrogen (secondary N) is 1. The number of carbonyl (C=O) groups excluding carboxylic acids is 1. The Bertz CT molecular complexity index is 322. The molecule has 2 heterocycles. The maximum absolute atomic E-state index is 11.5. The zero-order chi connectivity index (χ0) is 10.7. The van der Waals surface area contributed by atoms with Gasteiger partial charge >= 0.3 is 6.03 Å². The van der Waals surface area contributed by atoms with Gasteiger partial charge in [-0.05, 0) is 19.4 Å². The first kappa shape index (κ1) is 10.0. The van der Waals surface area contributed by atoms with Crippen molar-refractivity contribution in [2.24, 2.45) is 0 Å². The maximum Gasteiger partial charge on any atom is 0.317 e. The van der Waals surface area contributed by atoms with Crippen molar-refractivity contribution in [1.29, 1.82) is 0 Å². The summed E-state index contributed by atoms with van der Waals surface area (Å²) in [6.07, 6.45) is 4.69. The van der Waals surface area contributed by atoms with Crippen LogP contribution in [0.15, 0.2) is 18.5 Å². The van der Waals surface area contributed by atoms with Gasteiger partial charge in [-0.3, -0.25) is 4.68 Å². The number of rotatable bonds is 3. The molecule has 1 fully saturated rings. The highest BCUT2D eigenvalue weighted by Gasteiger charge is 2.22. The van der Waals surface area contributed by atoms with Crippen molar-refractivity contribution in [2.45, 2.75) is 25.9 Å². The molecule has 1 N–H and O–H groups in total. The topological polar surface area (TPSA) is 50.2 Å². The normalized spacial score (nSPS) is 18.7. The molecule has 1 saturated heterocycles. The summed E-state index contributed by atoms with van der Waals surface area (Å²) >= 11 is 0. The van der Waals surface area contributed by atoms with Gasteiger partial charge in [-0.1, -0.05) is 0 Å². The van der Waals surface area contributed by atoms with Crippen molar-refractivity contribution in [1.82, 2.24) is 20.0 Å². The third-order valence-electron chi connectivity index (χ3n) is 2.66. The first-order chi connectivity index (χ1) is 7.27. The van der Waals surface area contributed by atoms with E-state index >= 15 is 0 Å². The van der Waals surface area contributed by atoms with E-state index in [0.717, 1.165) is 26.1 Å². The SMILES string of the molecule is CC(Cn1cccn1)N1CCCNC1=O. The Hall–Kier alpha value is -1.52. The Labute approximate surface area is 89.1 Å². The molecule has 5 heteroatoms. The van der Waals surface area contributed by atoms with Gasteiger partial charge in [0.25, 0.3) is 0 Å². The van der Waals surface area contributed by atoms with E-state index in [-0.39, 0.29) is 12.1 Å². The predicted octanol–water partition coefficient (Wildman–Crippen LogP) is 0.687. The van der Waals surface area contributed by atoms with E-state index in [9.17, 15) is 4.79 Å². The fraction of sp³-hybridized carbons (Fsp3) is 0.600. The molecule has 1 atom stereocenters. The van der Waals surface area contributed by atoms with Crippen LogP contribution in [0, 0.1) is 0 Å². The summed E-state index contributed by atoms with van der Waals surface area (Å²) in [6, 6.07) is 2.12. The van der Waals surface area contributed by atoms with Crippen molar-refractivity contribution in [2.75, 3.05) is 13.1 Å². The monoisotopic (exact) mass is 208 g/mol. The Balaban J connectivity index is 1.94. The minimum absolute atomic E-state index is 0.0425. The van der Waals surface area contributed by atoms with E-state index in [1.807, 2.05) is 28.8 Å². The van der Waals surface area contributed by atoms with Crippen LogP contribution in [0.1, 0.15) is 13.3 Å². The molecule has 5 nitrogen and oxygen atoms in total. The summed E-state index contributed by atoms with van der Waals surface area (Å²) in [7, 11) is 0. The fourth-order valence-corrected chi connectivity index (χ4v) is 1.85. The summed E-state index contributed by atoms with van der Waals surface area (Å²) in [4.78, 5) is 13.4. The van der Waals surface area contributed by atoms with Gasteiger partial charge in [0, 0.05) is 25.5 Å². The Morgan fingerprint density at radius 3 is 3.20 bits per heavy atom. The number of nitrogens with zero attached hydrogens (tertiary/aromatic N) is 3. The Kier molecular flexibility index (Phi) is 2.89. The lowest BCUT2D eigenvalue weighted by Gasteiger charge is -2.32. The highest BCUT2D eigenvalue weighted by Crippen LogP contribution is 2.07. The second-order valence-electron chi connectivity index (χ2n) is 3.86. The summed E-state index contributed by atoms with van der Waals surface area (Å²) in [5.74, 6) is 0. The minimum atomic E-state index is 0.0425. The van der Waals surface area contributed by atoms with E-state index in [2.05, 4.69) is 10.4 Å². The quantitative estimate of drug-likeness (QED) is 0.794. The maximum atomic E-state index is 11.5. The highest BCUT2D eigenvalue weighted by atomic mass is 16.2. The number of hydrogen-bond acceptors (Lipinski definition) is 2. The van der Waals surface area contributed by atoms with Crippen LogP contribution in [-0.2, 0) is 6.54 Å². The Morgan fingerprint density at radius 2 is 2.53 bits per heavy atom. The molecule has 1 aromatic rings. The third kappa shape index (κ3) is 2.29. The lowest BCUT2D eigenvalue weighted by Crippen LogP contribution is -2.51. The van der Waals surface area contributed by atoms with Crippen LogP contribution in [0.5, 0.6) is 0 Å². The average molecular weight is 208 g/mol. The van der Waals surface area contributed by atoms with Crippen molar-refractivity contribution < 1.29 is 4.79 Å². The van der Waals surface area contributed by atoms with Gasteiger partial charge < -0.3 is 10.2 Å². The van der Waals surface area contributed by atoms with Crippen LogP contribution >= 0.6 is 0 Å². The summed E-state index contributed by atoms with van der Waals surface area (Å²) < 4.78 is 1.85. The van der Waals surface area contributed by atoms with E-state index in [0.29, 0.717) is 0 Å². The van der Waals surface area contributed by atoms with Crippen LogP contribution in [0.4, 0.5) is 4.79 Å². The van der Waals surface area contributed by atoms with Gasteiger partial charge in [-0.25, -0.2) is 4.79 Å². The Morgan fingerprint density at radius 1 is 1.67 bits per heavy atom. The predicted molar refractivity (Wildman–Crippen MR) is 56.4 cm³/mol. The molecule has 1 unspecified atom stereocenters. The van der Waals surface area contributed by atoms with Crippen molar-refractivity contribution in [3.8, 4) is 0 Å². The van der Waals surface area contributed by atoms with Crippen molar-refractivity contribution in [3.05, 3.63) is 18.5 Å². The van der Waals surface area contributed by atoms with E-state index in [1.54, 1.807) is 6.20 Å². The average Bonchev–Trinajstić information content (AvgIpc) is 2.71. The van der Waals surface area contributed by atoms with Gasteiger partial charge in [-0.15, -0.1) is 0 Å². The summed E-state index contributed by atoms with van der Waals surface area (Å²) in [6.45, 7) is 4.44. The lowest BCUT2D eigenvalue weighted by atomic mass is 10.2. The second-order valence-corrected chi connectivity index (χ2v) is 3.86. The van der Waals surface area contributed by atoms with Crippen LogP contribution in [0.2, 0.25) is 0 Å². The van der Waals surface area contributed by atoms with Gasteiger partial charge in [0.15, 0.2) is 0 Å². The standard InChI is InChI=1S/C10H16N4O/c1-9(8-13-6-3-5-12-13)14-7-2-4-11-10(14)15/h3,5-6,9H,2,4,7-8H2,1H3,(H,11,15). The number of urea groups is 1. The van der Waals surface area contributed by atoms with Crippen LogP contribution in [0.3, 0.4) is 0 Å². The minimum Gasteiger partial charge on any atom is -0.338 e. The van der Waals surface area contributed by atoms with Gasteiger partial charge in [-0.2, -0.15) is 5.10 Å². The van der Waals surface area contributed by atoms with Crippen LogP contribution in [-0.4, -0.2) is 39.8 Å². The first-order valence-electron chi connectivity index (χ1n) is 5.29. The van der Waals surface area contributed by atoms with Gasteiger partial charge in [0.05, 0.1) is 12.6 Å². The molecule has 0 radical (unpaired) electrons. The molecule has 82 valence electrons. The van der Waals surface area contributed by atoms with E-state index < -0.39 is 0 Å². The molecule has 0 bridgehead atoms. The fourth-order valence-electron chi connectivity index (χ4n) is 1.85. The second kappa shape index (κ2) is 4.33. The van der Waals surface area contributed by atoms with Crippen molar-refractivity contribution >= 4 is 6.03 Å². The van der Waals surface area contributed by atoms with Crippen LogP contribution in [0.25, 0.3) is 0 Å². The molecule has 1 aliphatic rings. The molecule has 1 aliphatic heterocycles. The molecular weight excluding hydrogens is 192 g/mol. The number of aromatic nitrogens is 2. The molecule has 0 aromatic carbocycles. The van der Waals surface area contributed by atoms with Crippen LogP contribution < -0.4 is 5.32 Å². The smallest absolute Gasteiger partial charge is 0.317 e. The number of amides is 2. The summed E-state index contributed by atoms with van der Waals surface area (Å²) in [5, 5.41) is 6.98. The largest absolute Gasteiger partial charge is 0.338 e. The molecular formula is C10H16N4O. The highest BCUT2D eigenvalue weighted by molar-refractivity contribution is 5.75. The zero-order valence-corrected chi connectivity index (χ0v) is 8.89. The molecule has 2 rings (SSSR count). The number of hydrogen-bond donors (Lipinski definition) is 1. The van der Waals surface area contributed by atoms with Gasteiger partial charge in [0.2, 0.25) is 0 Å². The lowest BCUT2D eigenvalue weighted by molar-refractivity contribution is 0.158. The molecule has 2 amide bonds. The first-order valence-corrected chi connectivity index (χ1v) is 5.29. The zero-order valence-electron chi connectivity index (χ0n) is 8.89. The molecule has 1 aromatic heterocycles. The van der Waals surface area contributed by atoms with Crippen molar-refractivity contribution in [3.63, 3.8) is 0 Å². The summed E-state index contributed by atoms with van der Waals surface area (Å²) in [5.41, 5.74) is 0. The third-order valence-corrected chi connectivity index (χ3v) is 2.66. The molecule has 15 heavy (non-hydrogen) atoms.